The molecule has 2 rings (SSSR count). The minimum atomic E-state index is 0.565. The summed E-state index contributed by atoms with van der Waals surface area (Å²) in [7, 11) is 0. The third kappa shape index (κ3) is 3.10. The Morgan fingerprint density at radius 1 is 1.17 bits per heavy atom. The molecule has 3 nitrogen and oxygen atoms in total. The summed E-state index contributed by atoms with van der Waals surface area (Å²) in [5.41, 5.74) is 4.24. The Kier molecular flexibility index (Phi) is 4.36. The summed E-state index contributed by atoms with van der Waals surface area (Å²) in [6, 6.07) is 15.1. The molecule has 0 saturated heterocycles. The van der Waals surface area contributed by atoms with Crippen LogP contribution >= 0.6 is 27.5 Å². The number of hydrogen-bond donors (Lipinski definition) is 2. The molecule has 0 aromatic heterocycles. The van der Waals surface area contributed by atoms with E-state index in [1.807, 2.05) is 42.5 Å². The Hall–Kier alpha value is -1.36. The molecule has 0 amide bonds. The van der Waals surface area contributed by atoms with E-state index in [0.717, 1.165) is 15.7 Å². The lowest BCUT2D eigenvalue weighted by Crippen LogP contribution is -2.30. The van der Waals surface area contributed by atoms with Gasteiger partial charge in [0.15, 0.2) is 0 Å². The largest absolute Gasteiger partial charge is 0.308 e. The third-order valence-electron chi connectivity index (χ3n) is 2.33. The second-order valence-corrected chi connectivity index (χ2v) is 4.83. The number of hydrazine groups is 1. The van der Waals surface area contributed by atoms with E-state index in [0.29, 0.717) is 10.9 Å². The highest BCUT2D eigenvalue weighted by atomic mass is 79.9. The van der Waals surface area contributed by atoms with Crippen LogP contribution in [-0.4, -0.2) is 5.84 Å². The minimum Gasteiger partial charge on any atom is -0.308 e. The maximum atomic E-state index is 6.05. The van der Waals surface area contributed by atoms with Crippen molar-refractivity contribution in [2.24, 2.45) is 10.8 Å². The van der Waals surface area contributed by atoms with E-state index in [-0.39, 0.29) is 0 Å². The Balaban J connectivity index is 2.39. The highest BCUT2D eigenvalue weighted by Gasteiger charge is 2.05. The third-order valence-corrected chi connectivity index (χ3v) is 3.56. The van der Waals surface area contributed by atoms with Crippen molar-refractivity contribution in [1.29, 1.82) is 0 Å². The standard InChI is InChI=1S/C13H11BrClN3/c14-11-7-6-9(8-12(11)15)13(18-16)17-10-4-2-1-3-5-10/h1-8H,16H2,(H,17,18). The van der Waals surface area contributed by atoms with Crippen molar-refractivity contribution in [3.05, 3.63) is 63.6 Å². The fraction of sp³-hybridized carbons (Fsp3) is 0. The number of nitrogens with one attached hydrogen (secondary N) is 1. The van der Waals surface area contributed by atoms with Gasteiger partial charge in [0.1, 0.15) is 5.84 Å². The van der Waals surface area contributed by atoms with Crippen molar-refractivity contribution >= 4 is 39.1 Å². The molecule has 5 heteroatoms. The first-order chi connectivity index (χ1) is 8.70. The number of nitrogens with zero attached hydrogens (tertiary/aromatic N) is 1. The van der Waals surface area contributed by atoms with Crippen molar-refractivity contribution in [1.82, 2.24) is 5.43 Å². The maximum Gasteiger partial charge on any atom is 0.147 e. The van der Waals surface area contributed by atoms with Crippen molar-refractivity contribution in [3.63, 3.8) is 0 Å². The van der Waals surface area contributed by atoms with Crippen LogP contribution in [0, 0.1) is 0 Å². The van der Waals surface area contributed by atoms with Gasteiger partial charge in [-0.05, 0) is 40.2 Å². The molecule has 0 bridgehead atoms. The lowest BCUT2D eigenvalue weighted by molar-refractivity contribution is 1.02. The Bertz CT molecular complexity index is 570. The van der Waals surface area contributed by atoms with Crippen molar-refractivity contribution in [2.45, 2.75) is 0 Å². The average molecular weight is 325 g/mol. The molecule has 92 valence electrons. The average Bonchev–Trinajstić information content (AvgIpc) is 2.40. The zero-order valence-electron chi connectivity index (χ0n) is 9.40. The number of halogens is 2. The summed E-state index contributed by atoms with van der Waals surface area (Å²) in [5.74, 6) is 6.07. The zero-order valence-corrected chi connectivity index (χ0v) is 11.7. The normalized spacial score (nSPS) is 11.4. The number of benzene rings is 2. The van der Waals surface area contributed by atoms with Gasteiger partial charge >= 0.3 is 0 Å². The van der Waals surface area contributed by atoms with E-state index in [1.54, 1.807) is 6.07 Å². The van der Waals surface area contributed by atoms with Gasteiger partial charge in [0.05, 0.1) is 10.7 Å². The van der Waals surface area contributed by atoms with Crippen LogP contribution in [-0.2, 0) is 0 Å². The van der Waals surface area contributed by atoms with Crippen LogP contribution in [0.25, 0.3) is 0 Å². The number of rotatable bonds is 2. The van der Waals surface area contributed by atoms with Gasteiger partial charge < -0.3 is 5.43 Å². The Morgan fingerprint density at radius 3 is 2.50 bits per heavy atom. The lowest BCUT2D eigenvalue weighted by Gasteiger charge is -2.07. The predicted molar refractivity (Wildman–Crippen MR) is 79.1 cm³/mol. The molecule has 2 aromatic rings. The summed E-state index contributed by atoms with van der Waals surface area (Å²) < 4.78 is 0.837. The molecule has 0 atom stereocenters. The molecule has 0 spiro atoms. The summed E-state index contributed by atoms with van der Waals surface area (Å²) in [6.45, 7) is 0. The summed E-state index contributed by atoms with van der Waals surface area (Å²) in [6.07, 6.45) is 0. The summed E-state index contributed by atoms with van der Waals surface area (Å²) in [5, 5.41) is 0.614. The molecule has 0 heterocycles. The molecule has 0 unspecified atom stereocenters. The van der Waals surface area contributed by atoms with Crippen LogP contribution in [0.2, 0.25) is 5.02 Å². The van der Waals surface area contributed by atoms with Gasteiger partial charge in [0.2, 0.25) is 0 Å². The quantitative estimate of drug-likeness (QED) is 0.383. The maximum absolute atomic E-state index is 6.05. The minimum absolute atomic E-state index is 0.565. The van der Waals surface area contributed by atoms with Crippen LogP contribution < -0.4 is 11.3 Å². The van der Waals surface area contributed by atoms with Crippen molar-refractivity contribution in [3.8, 4) is 0 Å². The van der Waals surface area contributed by atoms with Gasteiger partial charge in [-0.3, -0.25) is 0 Å². The number of hydrogen-bond acceptors (Lipinski definition) is 2. The first-order valence-electron chi connectivity index (χ1n) is 5.26. The molecule has 0 radical (unpaired) electrons. The first-order valence-corrected chi connectivity index (χ1v) is 6.43. The van der Waals surface area contributed by atoms with Crippen molar-refractivity contribution < 1.29 is 0 Å². The molecule has 2 aromatic carbocycles. The molecule has 0 saturated carbocycles. The predicted octanol–water partition coefficient (Wildman–Crippen LogP) is 3.64. The van der Waals surface area contributed by atoms with E-state index in [4.69, 9.17) is 17.4 Å². The van der Waals surface area contributed by atoms with Gasteiger partial charge in [0, 0.05) is 10.0 Å². The second-order valence-electron chi connectivity index (χ2n) is 3.57. The molecular weight excluding hydrogens is 314 g/mol. The van der Waals surface area contributed by atoms with Gasteiger partial charge in [-0.1, -0.05) is 35.9 Å². The SMILES string of the molecule is NNC(=Nc1ccccc1)c1ccc(Br)c(Cl)c1. The molecule has 0 aliphatic heterocycles. The van der Waals surface area contributed by atoms with E-state index in [2.05, 4.69) is 26.3 Å². The van der Waals surface area contributed by atoms with Crippen LogP contribution in [0.4, 0.5) is 5.69 Å². The van der Waals surface area contributed by atoms with Gasteiger partial charge in [0.25, 0.3) is 0 Å². The molecule has 3 N–H and O–H groups in total. The molecule has 18 heavy (non-hydrogen) atoms. The van der Waals surface area contributed by atoms with E-state index < -0.39 is 0 Å². The lowest BCUT2D eigenvalue weighted by atomic mass is 10.2. The highest BCUT2D eigenvalue weighted by molar-refractivity contribution is 9.10. The summed E-state index contributed by atoms with van der Waals surface area (Å²) in [4.78, 5) is 4.42. The van der Waals surface area contributed by atoms with E-state index >= 15 is 0 Å². The van der Waals surface area contributed by atoms with Crippen LogP contribution in [0.3, 0.4) is 0 Å². The smallest absolute Gasteiger partial charge is 0.147 e. The number of aliphatic imine (C=N–C) groups is 1. The fourth-order valence-electron chi connectivity index (χ4n) is 1.46. The summed E-state index contributed by atoms with van der Waals surface area (Å²) >= 11 is 9.39. The monoisotopic (exact) mass is 323 g/mol. The van der Waals surface area contributed by atoms with Crippen LogP contribution in [0.5, 0.6) is 0 Å². The topological polar surface area (TPSA) is 50.4 Å². The van der Waals surface area contributed by atoms with E-state index in [9.17, 15) is 0 Å². The van der Waals surface area contributed by atoms with Gasteiger partial charge in [-0.25, -0.2) is 10.8 Å². The number of nitrogens with two attached hydrogens (primary N) is 1. The fourth-order valence-corrected chi connectivity index (χ4v) is 1.88. The second kappa shape index (κ2) is 6.00. The Morgan fingerprint density at radius 2 is 1.89 bits per heavy atom. The highest BCUT2D eigenvalue weighted by Crippen LogP contribution is 2.23. The van der Waals surface area contributed by atoms with Gasteiger partial charge in [-0.2, -0.15) is 0 Å². The van der Waals surface area contributed by atoms with Crippen molar-refractivity contribution in [2.75, 3.05) is 0 Å². The van der Waals surface area contributed by atoms with Gasteiger partial charge in [-0.15, -0.1) is 0 Å². The Labute approximate surface area is 119 Å². The van der Waals surface area contributed by atoms with E-state index in [1.165, 1.54) is 0 Å². The van der Waals surface area contributed by atoms with Crippen LogP contribution in [0.15, 0.2) is 58.0 Å². The van der Waals surface area contributed by atoms with Crippen LogP contribution in [0.1, 0.15) is 5.56 Å². The number of amidine groups is 1. The molecule has 0 aliphatic rings. The first kappa shape index (κ1) is 13.1. The number of para-hydroxylation sites is 1. The molecular formula is C13H11BrClN3. The zero-order chi connectivity index (χ0) is 13.0. The molecule has 0 fully saturated rings. The molecule has 0 aliphatic carbocycles.